The van der Waals surface area contributed by atoms with Crippen LogP contribution in [0, 0.1) is 0 Å². The van der Waals surface area contributed by atoms with E-state index in [1.807, 2.05) is 0 Å². The molecule has 13 heavy (non-hydrogen) atoms. The van der Waals surface area contributed by atoms with E-state index in [1.165, 1.54) is 0 Å². The highest BCUT2D eigenvalue weighted by atomic mass is 16.5. The molecule has 0 rings (SSSR count). The molecule has 0 aromatic rings. The SMILES string of the molecule is CCOC(=O)CCC(=O)OC(C)C. The van der Waals surface area contributed by atoms with Crippen LogP contribution in [-0.4, -0.2) is 24.6 Å². The molecule has 4 nitrogen and oxygen atoms in total. The van der Waals surface area contributed by atoms with Crippen LogP contribution in [0.3, 0.4) is 0 Å². The third-order valence-electron chi connectivity index (χ3n) is 1.21. The molecule has 0 unspecified atom stereocenters. The van der Waals surface area contributed by atoms with Gasteiger partial charge in [-0.15, -0.1) is 0 Å². The molecule has 0 fully saturated rings. The molecule has 0 bridgehead atoms. The smallest absolute Gasteiger partial charge is 0.306 e. The van der Waals surface area contributed by atoms with E-state index in [9.17, 15) is 9.59 Å². The van der Waals surface area contributed by atoms with Gasteiger partial charge in [0, 0.05) is 0 Å². The van der Waals surface area contributed by atoms with Crippen LogP contribution in [0.15, 0.2) is 0 Å². The standard InChI is InChI=1S/C9H16O4/c1-4-12-8(10)5-6-9(11)13-7(2)3/h7H,4-6H2,1-3H3. The van der Waals surface area contributed by atoms with Crippen molar-refractivity contribution in [1.29, 1.82) is 0 Å². The highest BCUT2D eigenvalue weighted by Gasteiger charge is 2.09. The Balaban J connectivity index is 3.52. The maximum Gasteiger partial charge on any atom is 0.306 e. The fraction of sp³-hybridized carbons (Fsp3) is 0.778. The summed E-state index contributed by atoms with van der Waals surface area (Å²) in [7, 11) is 0. The summed E-state index contributed by atoms with van der Waals surface area (Å²) in [6.07, 6.45) is 0.0610. The van der Waals surface area contributed by atoms with Gasteiger partial charge in [0.05, 0.1) is 25.6 Å². The van der Waals surface area contributed by atoms with Crippen LogP contribution in [0.25, 0.3) is 0 Å². The lowest BCUT2D eigenvalue weighted by Crippen LogP contribution is -2.13. The molecule has 4 heteroatoms. The van der Waals surface area contributed by atoms with Gasteiger partial charge in [0.15, 0.2) is 0 Å². The number of carbonyl (C=O) groups is 2. The van der Waals surface area contributed by atoms with Crippen LogP contribution in [0.2, 0.25) is 0 Å². The fourth-order valence-electron chi connectivity index (χ4n) is 0.759. The molecule has 0 atom stereocenters. The van der Waals surface area contributed by atoms with Crippen LogP contribution in [0.1, 0.15) is 33.6 Å². The Morgan fingerprint density at radius 3 is 2.15 bits per heavy atom. The van der Waals surface area contributed by atoms with Crippen molar-refractivity contribution in [1.82, 2.24) is 0 Å². The first-order valence-corrected chi connectivity index (χ1v) is 4.41. The molecule has 0 aliphatic heterocycles. The number of carbonyl (C=O) groups excluding carboxylic acids is 2. The van der Waals surface area contributed by atoms with E-state index in [2.05, 4.69) is 4.74 Å². The van der Waals surface area contributed by atoms with Crippen molar-refractivity contribution in [3.8, 4) is 0 Å². The van der Waals surface area contributed by atoms with Gasteiger partial charge in [-0.25, -0.2) is 0 Å². The van der Waals surface area contributed by atoms with Gasteiger partial charge in [0.25, 0.3) is 0 Å². The largest absolute Gasteiger partial charge is 0.466 e. The number of hydrogen-bond acceptors (Lipinski definition) is 4. The van der Waals surface area contributed by atoms with E-state index >= 15 is 0 Å². The van der Waals surface area contributed by atoms with Gasteiger partial charge < -0.3 is 9.47 Å². The highest BCUT2D eigenvalue weighted by Crippen LogP contribution is 1.98. The molecule has 0 saturated heterocycles. The maximum absolute atomic E-state index is 10.9. The quantitative estimate of drug-likeness (QED) is 0.610. The Bertz CT molecular complexity index is 174. The second kappa shape index (κ2) is 6.46. The van der Waals surface area contributed by atoms with Crippen molar-refractivity contribution in [2.24, 2.45) is 0 Å². The van der Waals surface area contributed by atoms with E-state index in [0.717, 1.165) is 0 Å². The number of ether oxygens (including phenoxy) is 2. The first kappa shape index (κ1) is 11.9. The summed E-state index contributed by atoms with van der Waals surface area (Å²) in [5.41, 5.74) is 0. The molecule has 76 valence electrons. The zero-order valence-electron chi connectivity index (χ0n) is 8.33. The van der Waals surface area contributed by atoms with E-state index in [0.29, 0.717) is 6.61 Å². The topological polar surface area (TPSA) is 52.6 Å². The number of hydrogen-bond donors (Lipinski definition) is 0. The van der Waals surface area contributed by atoms with Gasteiger partial charge in [0.1, 0.15) is 0 Å². The zero-order valence-corrected chi connectivity index (χ0v) is 8.33. The summed E-state index contributed by atoms with van der Waals surface area (Å²) in [6.45, 7) is 5.60. The summed E-state index contributed by atoms with van der Waals surface area (Å²) in [6, 6.07) is 0. The molecule has 0 aliphatic carbocycles. The molecule has 0 aliphatic rings. The fourth-order valence-corrected chi connectivity index (χ4v) is 0.759. The average Bonchev–Trinajstić information content (AvgIpc) is 2.00. The van der Waals surface area contributed by atoms with Crippen molar-refractivity contribution < 1.29 is 19.1 Å². The minimum absolute atomic E-state index is 0.0943. The monoisotopic (exact) mass is 188 g/mol. The lowest BCUT2D eigenvalue weighted by atomic mass is 10.3. The third-order valence-corrected chi connectivity index (χ3v) is 1.21. The van der Waals surface area contributed by atoms with E-state index in [1.54, 1.807) is 20.8 Å². The lowest BCUT2D eigenvalue weighted by Gasteiger charge is -2.06. The van der Waals surface area contributed by atoms with Gasteiger partial charge in [-0.2, -0.15) is 0 Å². The molecule has 0 N–H and O–H groups in total. The third kappa shape index (κ3) is 7.31. The van der Waals surface area contributed by atoms with Gasteiger partial charge in [-0.1, -0.05) is 0 Å². The molecular weight excluding hydrogens is 172 g/mol. The normalized spacial score (nSPS) is 9.85. The predicted octanol–water partition coefficient (Wildman–Crippen LogP) is 1.28. The van der Waals surface area contributed by atoms with E-state index < -0.39 is 0 Å². The van der Waals surface area contributed by atoms with Crippen LogP contribution in [0.5, 0.6) is 0 Å². The molecule has 0 heterocycles. The van der Waals surface area contributed by atoms with Crippen LogP contribution in [0.4, 0.5) is 0 Å². The predicted molar refractivity (Wildman–Crippen MR) is 47.1 cm³/mol. The summed E-state index contributed by atoms with van der Waals surface area (Å²) >= 11 is 0. The summed E-state index contributed by atoms with van der Waals surface area (Å²) < 4.78 is 9.48. The molecule has 0 aromatic heterocycles. The lowest BCUT2D eigenvalue weighted by molar-refractivity contribution is -0.152. The Hall–Kier alpha value is -1.06. The summed E-state index contributed by atoms with van der Waals surface area (Å²) in [5, 5.41) is 0. The first-order chi connectivity index (χ1) is 6.06. The van der Waals surface area contributed by atoms with Crippen molar-refractivity contribution in [2.75, 3.05) is 6.61 Å². The first-order valence-electron chi connectivity index (χ1n) is 4.41. The highest BCUT2D eigenvalue weighted by molar-refractivity contribution is 5.77. The van der Waals surface area contributed by atoms with Gasteiger partial charge >= 0.3 is 11.9 Å². The summed E-state index contributed by atoms with van der Waals surface area (Å²) in [5.74, 6) is -0.716. The molecular formula is C9H16O4. The van der Waals surface area contributed by atoms with Crippen molar-refractivity contribution in [3.05, 3.63) is 0 Å². The average molecular weight is 188 g/mol. The number of esters is 2. The van der Waals surface area contributed by atoms with Crippen molar-refractivity contribution >= 4 is 11.9 Å². The van der Waals surface area contributed by atoms with Crippen molar-refractivity contribution in [2.45, 2.75) is 39.7 Å². The van der Waals surface area contributed by atoms with E-state index in [-0.39, 0.29) is 30.9 Å². The number of rotatable bonds is 5. The Morgan fingerprint density at radius 2 is 1.69 bits per heavy atom. The molecule has 0 spiro atoms. The Morgan fingerprint density at radius 1 is 1.15 bits per heavy atom. The van der Waals surface area contributed by atoms with Crippen LogP contribution in [-0.2, 0) is 19.1 Å². The summed E-state index contributed by atoms with van der Waals surface area (Å²) in [4.78, 5) is 21.7. The van der Waals surface area contributed by atoms with Crippen molar-refractivity contribution in [3.63, 3.8) is 0 Å². The van der Waals surface area contributed by atoms with Gasteiger partial charge in [-0.3, -0.25) is 9.59 Å². The van der Waals surface area contributed by atoms with Crippen LogP contribution < -0.4 is 0 Å². The Labute approximate surface area is 78.2 Å². The maximum atomic E-state index is 10.9. The van der Waals surface area contributed by atoms with Crippen LogP contribution >= 0.6 is 0 Å². The minimum Gasteiger partial charge on any atom is -0.466 e. The zero-order chi connectivity index (χ0) is 10.3. The second-order valence-electron chi connectivity index (χ2n) is 2.84. The molecule has 0 aromatic carbocycles. The van der Waals surface area contributed by atoms with E-state index in [4.69, 9.17) is 4.74 Å². The van der Waals surface area contributed by atoms with Gasteiger partial charge in [-0.05, 0) is 20.8 Å². The second-order valence-corrected chi connectivity index (χ2v) is 2.84. The minimum atomic E-state index is -0.358. The molecule has 0 saturated carbocycles. The Kier molecular flexibility index (Phi) is 5.93. The molecule has 0 radical (unpaired) electrons. The van der Waals surface area contributed by atoms with Gasteiger partial charge in [0.2, 0.25) is 0 Å². The molecule has 0 amide bonds.